The topological polar surface area (TPSA) is 56.0 Å². The molecule has 0 radical (unpaired) electrons. The quantitative estimate of drug-likeness (QED) is 0.529. The fourth-order valence-electron chi connectivity index (χ4n) is 2.15. The van der Waals surface area contributed by atoms with Crippen LogP contribution in [0.25, 0.3) is 23.1 Å². The Morgan fingerprint density at radius 2 is 1.71 bits per heavy atom. The Morgan fingerprint density at radius 3 is 2.48 bits per heavy atom. The van der Waals surface area contributed by atoms with Crippen LogP contribution in [0, 0.1) is 10.1 Å². The number of fused-ring (bicyclic) bond motifs is 1. The number of benzene rings is 2. The van der Waals surface area contributed by atoms with Gasteiger partial charge in [0.05, 0.1) is 21.5 Å². The molecule has 4 nitrogen and oxygen atoms in total. The van der Waals surface area contributed by atoms with E-state index in [1.165, 1.54) is 6.07 Å². The largest absolute Gasteiger partial charge is 0.278 e. The van der Waals surface area contributed by atoms with Gasteiger partial charge in [-0.05, 0) is 29.8 Å². The molecule has 4 heteroatoms. The van der Waals surface area contributed by atoms with Crippen molar-refractivity contribution >= 4 is 28.7 Å². The number of pyridine rings is 1. The Labute approximate surface area is 121 Å². The van der Waals surface area contributed by atoms with Gasteiger partial charge in [-0.15, -0.1) is 0 Å². The second-order valence-corrected chi connectivity index (χ2v) is 4.58. The van der Waals surface area contributed by atoms with Crippen molar-refractivity contribution in [3.8, 4) is 0 Å². The van der Waals surface area contributed by atoms with Crippen molar-refractivity contribution in [2.24, 2.45) is 0 Å². The van der Waals surface area contributed by atoms with Gasteiger partial charge in [0, 0.05) is 6.07 Å². The molecule has 0 aliphatic carbocycles. The molecule has 0 saturated heterocycles. The molecular formula is C17H12N2O2. The first-order valence-electron chi connectivity index (χ1n) is 6.51. The number of hydrogen-bond donors (Lipinski definition) is 0. The summed E-state index contributed by atoms with van der Waals surface area (Å²) in [6.07, 6.45) is 3.86. The number of non-ortho nitro benzene ring substituents is 1. The van der Waals surface area contributed by atoms with Crippen LogP contribution in [0.5, 0.6) is 0 Å². The van der Waals surface area contributed by atoms with E-state index in [2.05, 4.69) is 4.98 Å². The summed E-state index contributed by atoms with van der Waals surface area (Å²) in [5.41, 5.74) is 2.56. The summed E-state index contributed by atoms with van der Waals surface area (Å²) in [5, 5.41) is 11.5. The second-order valence-electron chi connectivity index (χ2n) is 4.58. The standard InChI is InChI=1S/C17H12N2O2/c20-19(21)17-8-4-7-16-15(17)12-11-14(18-16)10-9-13-5-2-1-3-6-13/h1-12H. The van der Waals surface area contributed by atoms with Gasteiger partial charge < -0.3 is 0 Å². The maximum atomic E-state index is 11.0. The van der Waals surface area contributed by atoms with E-state index in [-0.39, 0.29) is 10.6 Å². The molecule has 0 aliphatic rings. The second kappa shape index (κ2) is 5.54. The Bertz CT molecular complexity index is 827. The van der Waals surface area contributed by atoms with Crippen molar-refractivity contribution < 1.29 is 4.92 Å². The maximum absolute atomic E-state index is 11.0. The van der Waals surface area contributed by atoms with Crippen molar-refractivity contribution in [2.45, 2.75) is 0 Å². The predicted octanol–water partition coefficient (Wildman–Crippen LogP) is 4.31. The van der Waals surface area contributed by atoms with Crippen molar-refractivity contribution in [3.63, 3.8) is 0 Å². The minimum atomic E-state index is -0.385. The molecule has 21 heavy (non-hydrogen) atoms. The molecule has 0 aliphatic heterocycles. The fourth-order valence-corrected chi connectivity index (χ4v) is 2.15. The number of rotatable bonds is 3. The summed E-state index contributed by atoms with van der Waals surface area (Å²) in [6, 6.07) is 18.4. The van der Waals surface area contributed by atoms with E-state index in [4.69, 9.17) is 0 Å². The molecule has 0 N–H and O–H groups in total. The molecule has 0 atom stereocenters. The maximum Gasteiger partial charge on any atom is 0.278 e. The first kappa shape index (κ1) is 13.0. The van der Waals surface area contributed by atoms with Crippen LogP contribution in [0.3, 0.4) is 0 Å². The average Bonchev–Trinajstić information content (AvgIpc) is 2.53. The highest BCUT2D eigenvalue weighted by molar-refractivity contribution is 5.88. The van der Waals surface area contributed by atoms with Crippen molar-refractivity contribution in [1.29, 1.82) is 0 Å². The van der Waals surface area contributed by atoms with Crippen molar-refractivity contribution in [1.82, 2.24) is 4.98 Å². The van der Waals surface area contributed by atoms with E-state index < -0.39 is 0 Å². The zero-order valence-corrected chi connectivity index (χ0v) is 11.1. The molecule has 0 bridgehead atoms. The summed E-state index contributed by atoms with van der Waals surface area (Å²) in [7, 11) is 0. The van der Waals surface area contributed by atoms with Crippen LogP contribution in [0.2, 0.25) is 0 Å². The van der Waals surface area contributed by atoms with Crippen LogP contribution in [0.1, 0.15) is 11.3 Å². The minimum Gasteiger partial charge on any atom is -0.258 e. The highest BCUT2D eigenvalue weighted by atomic mass is 16.6. The Morgan fingerprint density at radius 1 is 0.905 bits per heavy atom. The third-order valence-corrected chi connectivity index (χ3v) is 3.17. The summed E-state index contributed by atoms with van der Waals surface area (Å²) in [5.74, 6) is 0. The van der Waals surface area contributed by atoms with Crippen molar-refractivity contribution in [2.75, 3.05) is 0 Å². The van der Waals surface area contributed by atoms with Gasteiger partial charge in [-0.1, -0.05) is 42.5 Å². The zero-order chi connectivity index (χ0) is 14.7. The summed E-state index contributed by atoms with van der Waals surface area (Å²) in [6.45, 7) is 0. The zero-order valence-electron chi connectivity index (χ0n) is 11.1. The highest BCUT2D eigenvalue weighted by Gasteiger charge is 2.11. The monoisotopic (exact) mass is 276 g/mol. The van der Waals surface area contributed by atoms with Gasteiger partial charge in [0.25, 0.3) is 5.69 Å². The van der Waals surface area contributed by atoms with E-state index >= 15 is 0 Å². The molecule has 1 heterocycles. The fraction of sp³-hybridized carbons (Fsp3) is 0. The summed E-state index contributed by atoms with van der Waals surface area (Å²) >= 11 is 0. The van der Waals surface area contributed by atoms with Crippen LogP contribution in [-0.2, 0) is 0 Å². The Balaban J connectivity index is 1.99. The minimum absolute atomic E-state index is 0.0820. The van der Waals surface area contributed by atoms with Gasteiger partial charge in [-0.25, -0.2) is 4.98 Å². The molecule has 0 saturated carbocycles. The number of nitro groups is 1. The van der Waals surface area contributed by atoms with E-state index in [0.717, 1.165) is 11.3 Å². The van der Waals surface area contributed by atoms with Gasteiger partial charge in [0.15, 0.2) is 0 Å². The third-order valence-electron chi connectivity index (χ3n) is 3.17. The number of aromatic nitrogens is 1. The molecule has 1 aromatic heterocycles. The molecule has 0 spiro atoms. The van der Waals surface area contributed by atoms with Crippen LogP contribution in [-0.4, -0.2) is 9.91 Å². The molecule has 3 aromatic rings. The number of nitro benzene ring substituents is 1. The number of hydrogen-bond acceptors (Lipinski definition) is 3. The molecule has 0 fully saturated rings. The Kier molecular flexibility index (Phi) is 3.43. The first-order chi connectivity index (χ1) is 10.2. The molecular weight excluding hydrogens is 264 g/mol. The van der Waals surface area contributed by atoms with E-state index in [1.54, 1.807) is 24.3 Å². The SMILES string of the molecule is O=[N+]([O-])c1cccc2nc(C=Cc3ccccc3)ccc12. The number of nitrogens with zero attached hydrogens (tertiary/aromatic N) is 2. The van der Waals surface area contributed by atoms with Gasteiger partial charge in [0.2, 0.25) is 0 Å². The van der Waals surface area contributed by atoms with E-state index in [0.29, 0.717) is 10.9 Å². The van der Waals surface area contributed by atoms with E-state index in [9.17, 15) is 10.1 Å². The summed E-state index contributed by atoms with van der Waals surface area (Å²) in [4.78, 5) is 15.0. The normalized spacial score (nSPS) is 11.0. The predicted molar refractivity (Wildman–Crippen MR) is 83.8 cm³/mol. The lowest BCUT2D eigenvalue weighted by Gasteiger charge is -2.00. The van der Waals surface area contributed by atoms with Gasteiger partial charge in [0.1, 0.15) is 0 Å². The highest BCUT2D eigenvalue weighted by Crippen LogP contribution is 2.24. The van der Waals surface area contributed by atoms with Crippen LogP contribution < -0.4 is 0 Å². The molecule has 3 rings (SSSR count). The van der Waals surface area contributed by atoms with Crippen molar-refractivity contribution in [3.05, 3.63) is 82.0 Å². The van der Waals surface area contributed by atoms with Gasteiger partial charge in [-0.2, -0.15) is 0 Å². The summed E-state index contributed by atoms with van der Waals surface area (Å²) < 4.78 is 0. The molecule has 102 valence electrons. The third kappa shape index (κ3) is 2.79. The molecule has 0 amide bonds. The average molecular weight is 276 g/mol. The lowest BCUT2D eigenvalue weighted by molar-refractivity contribution is -0.383. The van der Waals surface area contributed by atoms with Gasteiger partial charge in [-0.3, -0.25) is 10.1 Å². The van der Waals surface area contributed by atoms with Crippen LogP contribution in [0.4, 0.5) is 5.69 Å². The van der Waals surface area contributed by atoms with E-state index in [1.807, 2.05) is 42.5 Å². The smallest absolute Gasteiger partial charge is 0.258 e. The lowest BCUT2D eigenvalue weighted by atomic mass is 10.1. The molecule has 0 unspecified atom stereocenters. The van der Waals surface area contributed by atoms with Gasteiger partial charge >= 0.3 is 0 Å². The Hall–Kier alpha value is -3.01. The lowest BCUT2D eigenvalue weighted by Crippen LogP contribution is -1.91. The van der Waals surface area contributed by atoms with Crippen LogP contribution in [0.15, 0.2) is 60.7 Å². The molecule has 2 aromatic carbocycles. The van der Waals surface area contributed by atoms with Crippen LogP contribution >= 0.6 is 0 Å². The first-order valence-corrected chi connectivity index (χ1v) is 6.51.